The van der Waals surface area contributed by atoms with Crippen molar-refractivity contribution in [3.8, 4) is 5.75 Å². The molecule has 0 aliphatic carbocycles. The van der Waals surface area contributed by atoms with Crippen molar-refractivity contribution in [3.63, 3.8) is 0 Å². The Morgan fingerprint density at radius 2 is 1.91 bits per heavy atom. The van der Waals surface area contributed by atoms with Crippen molar-refractivity contribution >= 4 is 11.6 Å². The van der Waals surface area contributed by atoms with Gasteiger partial charge in [0.1, 0.15) is 5.75 Å². The summed E-state index contributed by atoms with van der Waals surface area (Å²) in [6.07, 6.45) is 0.987. The number of benzene rings is 2. The van der Waals surface area contributed by atoms with Gasteiger partial charge in [-0.25, -0.2) is 5.01 Å². The predicted molar refractivity (Wildman–Crippen MR) is 90.3 cm³/mol. The Hall–Kier alpha value is -2.62. The Morgan fingerprint density at radius 1 is 1.22 bits per heavy atom. The fourth-order valence-electron chi connectivity index (χ4n) is 2.83. The molecule has 3 rings (SSSR count). The molecule has 2 aromatic carbocycles. The van der Waals surface area contributed by atoms with Crippen LogP contribution in [0, 0.1) is 6.92 Å². The van der Waals surface area contributed by atoms with Crippen LogP contribution in [0.5, 0.6) is 5.75 Å². The molecule has 4 heteroatoms. The first-order valence-corrected chi connectivity index (χ1v) is 7.84. The van der Waals surface area contributed by atoms with Crippen LogP contribution in [0.2, 0.25) is 0 Å². The fraction of sp³-hybridized carbons (Fsp3) is 0.263. The van der Waals surface area contributed by atoms with Gasteiger partial charge in [0.05, 0.1) is 11.8 Å². The Balaban J connectivity index is 1.97. The Labute approximate surface area is 136 Å². The molecule has 0 fully saturated rings. The van der Waals surface area contributed by atoms with E-state index in [9.17, 15) is 9.90 Å². The molecule has 1 aliphatic rings. The second-order valence-electron chi connectivity index (χ2n) is 5.78. The van der Waals surface area contributed by atoms with E-state index < -0.39 is 0 Å². The highest BCUT2D eigenvalue weighted by atomic mass is 16.3. The third-order valence-electron chi connectivity index (χ3n) is 4.15. The molecule has 4 nitrogen and oxygen atoms in total. The highest BCUT2D eigenvalue weighted by Crippen LogP contribution is 2.37. The number of phenols is 1. The van der Waals surface area contributed by atoms with Crippen molar-refractivity contribution in [1.29, 1.82) is 0 Å². The van der Waals surface area contributed by atoms with Gasteiger partial charge in [-0.3, -0.25) is 4.79 Å². The van der Waals surface area contributed by atoms with Crippen molar-refractivity contribution in [2.24, 2.45) is 5.10 Å². The lowest BCUT2D eigenvalue weighted by atomic mass is 9.97. The van der Waals surface area contributed by atoms with Gasteiger partial charge >= 0.3 is 0 Å². The maximum absolute atomic E-state index is 12.3. The van der Waals surface area contributed by atoms with E-state index >= 15 is 0 Å². The number of hydrogen-bond donors (Lipinski definition) is 1. The minimum atomic E-state index is -0.250. The Morgan fingerprint density at radius 3 is 2.57 bits per heavy atom. The van der Waals surface area contributed by atoms with Crippen LogP contribution in [0.15, 0.2) is 53.6 Å². The molecule has 118 valence electrons. The summed E-state index contributed by atoms with van der Waals surface area (Å²) >= 11 is 0. The lowest BCUT2D eigenvalue weighted by molar-refractivity contribution is -0.132. The van der Waals surface area contributed by atoms with Gasteiger partial charge in [-0.1, -0.05) is 55.0 Å². The van der Waals surface area contributed by atoms with Crippen LogP contribution in [0.1, 0.15) is 42.5 Å². The number of hydrogen-bond acceptors (Lipinski definition) is 3. The minimum Gasteiger partial charge on any atom is -0.508 e. The van der Waals surface area contributed by atoms with E-state index in [0.29, 0.717) is 12.8 Å². The maximum atomic E-state index is 12.3. The molecule has 1 aliphatic heterocycles. The molecule has 1 N–H and O–H groups in total. The molecule has 1 heterocycles. The number of rotatable bonds is 3. The molecule has 23 heavy (non-hydrogen) atoms. The number of hydrazone groups is 1. The summed E-state index contributed by atoms with van der Waals surface area (Å²) in [6.45, 7) is 3.86. The first kappa shape index (κ1) is 15.3. The lowest BCUT2D eigenvalue weighted by Crippen LogP contribution is -2.26. The second kappa shape index (κ2) is 6.24. The standard InChI is InChI=1S/C19H20N2O2/c1-3-19(23)21-17(15-6-4-5-7-18(15)22)12-16(20-21)14-10-8-13(2)9-11-14/h4-11,17,22H,3,12H2,1-2H3/t17-/m0/s1. The molecular formula is C19H20N2O2. The summed E-state index contributed by atoms with van der Waals surface area (Å²) in [7, 11) is 0. The van der Waals surface area contributed by atoms with Crippen molar-refractivity contribution in [2.45, 2.75) is 32.7 Å². The molecule has 0 unspecified atom stereocenters. The van der Waals surface area contributed by atoms with Gasteiger partial charge in [0, 0.05) is 18.4 Å². The van der Waals surface area contributed by atoms with Crippen LogP contribution in [-0.2, 0) is 4.79 Å². The molecule has 0 radical (unpaired) electrons. The number of aromatic hydroxyl groups is 1. The first-order valence-electron chi connectivity index (χ1n) is 7.84. The Bertz CT molecular complexity index is 750. The molecule has 0 saturated carbocycles. The van der Waals surface area contributed by atoms with Crippen LogP contribution in [0.3, 0.4) is 0 Å². The van der Waals surface area contributed by atoms with Gasteiger partial charge < -0.3 is 5.11 Å². The van der Waals surface area contributed by atoms with Crippen molar-refractivity contribution in [1.82, 2.24) is 5.01 Å². The summed E-state index contributed by atoms with van der Waals surface area (Å²) in [6, 6.07) is 15.0. The zero-order chi connectivity index (χ0) is 16.4. The van der Waals surface area contributed by atoms with Crippen molar-refractivity contribution < 1.29 is 9.90 Å². The Kier molecular flexibility index (Phi) is 4.15. The highest BCUT2D eigenvalue weighted by Gasteiger charge is 2.33. The number of carbonyl (C=O) groups excluding carboxylic acids is 1. The molecule has 1 atom stereocenters. The molecule has 0 aromatic heterocycles. The number of nitrogens with zero attached hydrogens (tertiary/aromatic N) is 2. The summed E-state index contributed by atoms with van der Waals surface area (Å²) in [5.74, 6) is 0.159. The quantitative estimate of drug-likeness (QED) is 0.938. The van der Waals surface area contributed by atoms with E-state index in [1.54, 1.807) is 12.1 Å². The van der Waals surface area contributed by atoms with Crippen molar-refractivity contribution in [2.75, 3.05) is 0 Å². The van der Waals surface area contributed by atoms with E-state index in [1.807, 2.05) is 50.2 Å². The van der Waals surface area contributed by atoms with Crippen LogP contribution < -0.4 is 0 Å². The van der Waals surface area contributed by atoms with Gasteiger partial charge in [0.15, 0.2) is 0 Å². The number of phenolic OH excluding ortho intramolecular Hbond substituents is 1. The largest absolute Gasteiger partial charge is 0.508 e. The van der Waals surface area contributed by atoms with Gasteiger partial charge in [-0.15, -0.1) is 0 Å². The lowest BCUT2D eigenvalue weighted by Gasteiger charge is -2.22. The average molecular weight is 308 g/mol. The van der Waals surface area contributed by atoms with Gasteiger partial charge in [0.2, 0.25) is 5.91 Å². The molecule has 0 spiro atoms. The third-order valence-corrected chi connectivity index (χ3v) is 4.15. The molecule has 2 aromatic rings. The van der Waals surface area contributed by atoms with E-state index in [4.69, 9.17) is 0 Å². The van der Waals surface area contributed by atoms with E-state index in [0.717, 1.165) is 16.8 Å². The van der Waals surface area contributed by atoms with Crippen molar-refractivity contribution in [3.05, 3.63) is 65.2 Å². The number of para-hydroxylation sites is 1. The van der Waals surface area contributed by atoms with Gasteiger partial charge in [-0.2, -0.15) is 5.10 Å². The number of amides is 1. The fourth-order valence-corrected chi connectivity index (χ4v) is 2.83. The first-order chi connectivity index (χ1) is 11.1. The summed E-state index contributed by atoms with van der Waals surface area (Å²) < 4.78 is 0. The summed E-state index contributed by atoms with van der Waals surface area (Å²) in [4.78, 5) is 12.3. The van der Waals surface area contributed by atoms with Gasteiger partial charge in [0.25, 0.3) is 0 Å². The number of carbonyl (C=O) groups is 1. The topological polar surface area (TPSA) is 52.9 Å². The van der Waals surface area contributed by atoms with Crippen LogP contribution in [0.4, 0.5) is 0 Å². The second-order valence-corrected chi connectivity index (χ2v) is 5.78. The predicted octanol–water partition coefficient (Wildman–Crippen LogP) is 3.79. The van der Waals surface area contributed by atoms with E-state index in [1.165, 1.54) is 10.6 Å². The smallest absolute Gasteiger partial charge is 0.242 e. The average Bonchev–Trinajstić information content (AvgIpc) is 3.00. The number of aryl methyl sites for hydroxylation is 1. The normalized spacial score (nSPS) is 17.2. The minimum absolute atomic E-state index is 0.0413. The van der Waals surface area contributed by atoms with Crippen LogP contribution in [-0.4, -0.2) is 21.7 Å². The molecular weight excluding hydrogens is 288 g/mol. The highest BCUT2D eigenvalue weighted by molar-refractivity contribution is 6.03. The van der Waals surface area contributed by atoms with Crippen LogP contribution in [0.25, 0.3) is 0 Å². The SMILES string of the molecule is CCC(=O)N1N=C(c2ccc(C)cc2)C[C@H]1c1ccccc1O. The zero-order valence-corrected chi connectivity index (χ0v) is 13.4. The maximum Gasteiger partial charge on any atom is 0.242 e. The van der Waals surface area contributed by atoms with E-state index in [2.05, 4.69) is 5.10 Å². The van der Waals surface area contributed by atoms with Crippen LogP contribution >= 0.6 is 0 Å². The zero-order valence-electron chi connectivity index (χ0n) is 13.4. The summed E-state index contributed by atoms with van der Waals surface area (Å²) in [5, 5.41) is 16.2. The molecule has 0 saturated heterocycles. The summed E-state index contributed by atoms with van der Waals surface area (Å²) in [5.41, 5.74) is 3.81. The molecule has 0 bridgehead atoms. The van der Waals surface area contributed by atoms with E-state index in [-0.39, 0.29) is 17.7 Å². The van der Waals surface area contributed by atoms with Gasteiger partial charge in [-0.05, 0) is 18.6 Å². The molecule has 1 amide bonds. The monoisotopic (exact) mass is 308 g/mol. The third kappa shape index (κ3) is 2.97.